The lowest BCUT2D eigenvalue weighted by atomic mass is 9.91. The van der Waals surface area contributed by atoms with Crippen molar-refractivity contribution in [2.24, 2.45) is 0 Å². The van der Waals surface area contributed by atoms with Gasteiger partial charge < -0.3 is 10.2 Å². The van der Waals surface area contributed by atoms with E-state index in [-0.39, 0.29) is 18.0 Å². The maximum Gasteiger partial charge on any atom is 0.224 e. The predicted molar refractivity (Wildman–Crippen MR) is 91.2 cm³/mol. The second kappa shape index (κ2) is 5.84. The van der Waals surface area contributed by atoms with Crippen LogP contribution in [0.15, 0.2) is 48.5 Å². The Hall–Kier alpha value is -2.29. The molecule has 114 valence electrons. The lowest BCUT2D eigenvalue weighted by Gasteiger charge is -2.39. The first-order valence-electron chi connectivity index (χ1n) is 7.79. The fourth-order valence-corrected chi connectivity index (χ4v) is 3.35. The lowest BCUT2D eigenvalue weighted by molar-refractivity contribution is -0.117. The molecular formula is C19H22N2O. The quantitative estimate of drug-likeness (QED) is 0.896. The molecule has 2 atom stereocenters. The molecule has 3 heteroatoms. The van der Waals surface area contributed by atoms with Crippen molar-refractivity contribution in [2.75, 3.05) is 10.2 Å². The van der Waals surface area contributed by atoms with Gasteiger partial charge in [-0.05, 0) is 43.5 Å². The van der Waals surface area contributed by atoms with Crippen LogP contribution in [0.1, 0.15) is 37.4 Å². The van der Waals surface area contributed by atoms with Gasteiger partial charge in [-0.2, -0.15) is 0 Å². The average Bonchev–Trinajstić information content (AvgIpc) is 2.49. The molecule has 0 aromatic heterocycles. The Labute approximate surface area is 132 Å². The summed E-state index contributed by atoms with van der Waals surface area (Å²) in [7, 11) is 0. The predicted octanol–water partition coefficient (Wildman–Crippen LogP) is 4.29. The number of benzene rings is 2. The maximum absolute atomic E-state index is 12.0. The third-order valence-electron chi connectivity index (χ3n) is 4.40. The highest BCUT2D eigenvalue weighted by molar-refractivity contribution is 5.93. The van der Waals surface area contributed by atoms with Gasteiger partial charge in [0.25, 0.3) is 0 Å². The van der Waals surface area contributed by atoms with E-state index >= 15 is 0 Å². The zero-order valence-electron chi connectivity index (χ0n) is 13.3. The van der Waals surface area contributed by atoms with Crippen LogP contribution in [0.5, 0.6) is 0 Å². The number of carbonyl (C=O) groups excluding carboxylic acids is 1. The van der Waals surface area contributed by atoms with Crippen LogP contribution >= 0.6 is 0 Å². The summed E-state index contributed by atoms with van der Waals surface area (Å²) in [4.78, 5) is 13.9. The van der Waals surface area contributed by atoms with E-state index in [1.165, 1.54) is 11.1 Å². The van der Waals surface area contributed by atoms with Crippen LogP contribution in [0.4, 0.5) is 11.4 Å². The summed E-state index contributed by atoms with van der Waals surface area (Å²) in [5.74, 6) is 0.106. The van der Waals surface area contributed by atoms with Crippen LogP contribution < -0.4 is 10.2 Å². The summed E-state index contributed by atoms with van der Waals surface area (Å²) in [5.41, 5.74) is 4.62. The van der Waals surface area contributed by atoms with Crippen LogP contribution in [0.25, 0.3) is 0 Å². The van der Waals surface area contributed by atoms with Crippen molar-refractivity contribution in [1.82, 2.24) is 0 Å². The second-order valence-corrected chi connectivity index (χ2v) is 6.04. The molecule has 1 N–H and O–H groups in total. The minimum atomic E-state index is 0.106. The van der Waals surface area contributed by atoms with Crippen molar-refractivity contribution >= 4 is 17.3 Å². The van der Waals surface area contributed by atoms with Gasteiger partial charge >= 0.3 is 0 Å². The van der Waals surface area contributed by atoms with Gasteiger partial charge in [-0.3, -0.25) is 4.79 Å². The normalized spacial score (nSPS) is 20.4. The molecule has 0 saturated carbocycles. The van der Waals surface area contributed by atoms with Crippen LogP contribution in [-0.2, 0) is 4.79 Å². The zero-order chi connectivity index (χ0) is 15.7. The molecule has 0 radical (unpaired) electrons. The number of rotatable bonds is 2. The Morgan fingerprint density at radius 1 is 1.14 bits per heavy atom. The molecule has 1 aliphatic rings. The van der Waals surface area contributed by atoms with E-state index in [2.05, 4.69) is 49.5 Å². The SMILES string of the molecule is CC(=O)N1c2ccccc2[C@@H](Nc2ccccc2C)C[C@H]1C. The Balaban J connectivity index is 1.98. The Morgan fingerprint density at radius 2 is 1.82 bits per heavy atom. The van der Waals surface area contributed by atoms with Gasteiger partial charge in [-0.15, -0.1) is 0 Å². The van der Waals surface area contributed by atoms with E-state index < -0.39 is 0 Å². The highest BCUT2D eigenvalue weighted by atomic mass is 16.2. The fourth-order valence-electron chi connectivity index (χ4n) is 3.35. The first kappa shape index (κ1) is 14.6. The molecule has 1 aliphatic heterocycles. The number of hydrogen-bond donors (Lipinski definition) is 1. The number of amides is 1. The van der Waals surface area contributed by atoms with Crippen LogP contribution in [0, 0.1) is 6.92 Å². The van der Waals surface area contributed by atoms with Gasteiger partial charge in [-0.1, -0.05) is 36.4 Å². The third-order valence-corrected chi connectivity index (χ3v) is 4.40. The fraction of sp³-hybridized carbons (Fsp3) is 0.316. The molecule has 0 saturated heterocycles. The highest BCUT2D eigenvalue weighted by Gasteiger charge is 2.32. The van der Waals surface area contributed by atoms with Gasteiger partial charge in [0.05, 0.1) is 6.04 Å². The van der Waals surface area contributed by atoms with Gasteiger partial charge in [0.15, 0.2) is 0 Å². The monoisotopic (exact) mass is 294 g/mol. The van der Waals surface area contributed by atoms with Crippen LogP contribution in [0.2, 0.25) is 0 Å². The van der Waals surface area contributed by atoms with Gasteiger partial charge in [0, 0.05) is 24.3 Å². The molecular weight excluding hydrogens is 272 g/mol. The van der Waals surface area contributed by atoms with Gasteiger partial charge in [-0.25, -0.2) is 0 Å². The number of anilines is 2. The van der Waals surface area contributed by atoms with Crippen molar-refractivity contribution in [3.8, 4) is 0 Å². The Morgan fingerprint density at radius 3 is 2.55 bits per heavy atom. The van der Waals surface area contributed by atoms with E-state index in [0.29, 0.717) is 0 Å². The minimum Gasteiger partial charge on any atom is -0.378 e. The van der Waals surface area contributed by atoms with Crippen molar-refractivity contribution < 1.29 is 4.79 Å². The molecule has 0 unspecified atom stereocenters. The number of nitrogens with one attached hydrogen (secondary N) is 1. The standard InChI is InChI=1S/C19H22N2O/c1-13-8-4-6-10-17(13)20-18-12-14(2)21(15(3)22)19-11-7-5-9-16(18)19/h4-11,14,18,20H,12H2,1-3H3/t14-,18+/m1/s1. The number of fused-ring (bicyclic) bond motifs is 1. The van der Waals surface area contributed by atoms with Crippen molar-refractivity contribution in [3.63, 3.8) is 0 Å². The lowest BCUT2D eigenvalue weighted by Crippen LogP contribution is -2.43. The number of carbonyl (C=O) groups is 1. The topological polar surface area (TPSA) is 32.3 Å². The number of hydrogen-bond acceptors (Lipinski definition) is 2. The van der Waals surface area contributed by atoms with Gasteiger partial charge in [0.2, 0.25) is 5.91 Å². The molecule has 1 heterocycles. The maximum atomic E-state index is 12.0. The first-order valence-corrected chi connectivity index (χ1v) is 7.79. The van der Waals surface area contributed by atoms with E-state index in [0.717, 1.165) is 17.8 Å². The average molecular weight is 294 g/mol. The Bertz CT molecular complexity index is 695. The first-order chi connectivity index (χ1) is 10.6. The van der Waals surface area contributed by atoms with E-state index in [1.54, 1.807) is 6.92 Å². The molecule has 0 fully saturated rings. The van der Waals surface area contributed by atoms with Crippen LogP contribution in [0.3, 0.4) is 0 Å². The molecule has 3 rings (SSSR count). The van der Waals surface area contributed by atoms with E-state index in [9.17, 15) is 4.79 Å². The molecule has 2 aromatic carbocycles. The smallest absolute Gasteiger partial charge is 0.224 e. The van der Waals surface area contributed by atoms with Gasteiger partial charge in [0.1, 0.15) is 0 Å². The van der Waals surface area contributed by atoms with Crippen LogP contribution in [-0.4, -0.2) is 11.9 Å². The highest BCUT2D eigenvalue weighted by Crippen LogP contribution is 2.39. The molecule has 2 aromatic rings. The zero-order valence-corrected chi connectivity index (χ0v) is 13.3. The summed E-state index contributed by atoms with van der Waals surface area (Å²) >= 11 is 0. The Kier molecular flexibility index (Phi) is 3.88. The summed E-state index contributed by atoms with van der Waals surface area (Å²) < 4.78 is 0. The summed E-state index contributed by atoms with van der Waals surface area (Å²) in [6.07, 6.45) is 0.908. The van der Waals surface area contributed by atoms with E-state index in [4.69, 9.17) is 0 Å². The molecule has 0 aliphatic carbocycles. The van der Waals surface area contributed by atoms with Crippen molar-refractivity contribution in [2.45, 2.75) is 39.3 Å². The molecule has 0 bridgehead atoms. The molecule has 3 nitrogen and oxygen atoms in total. The minimum absolute atomic E-state index is 0.106. The largest absolute Gasteiger partial charge is 0.378 e. The number of nitrogens with zero attached hydrogens (tertiary/aromatic N) is 1. The summed E-state index contributed by atoms with van der Waals surface area (Å²) in [6, 6.07) is 16.9. The third kappa shape index (κ3) is 2.59. The van der Waals surface area contributed by atoms with Crippen molar-refractivity contribution in [3.05, 3.63) is 59.7 Å². The number of aryl methyl sites for hydroxylation is 1. The number of para-hydroxylation sites is 2. The van der Waals surface area contributed by atoms with Crippen molar-refractivity contribution in [1.29, 1.82) is 0 Å². The summed E-state index contributed by atoms with van der Waals surface area (Å²) in [6.45, 7) is 5.87. The molecule has 0 spiro atoms. The molecule has 1 amide bonds. The summed E-state index contributed by atoms with van der Waals surface area (Å²) in [5, 5.41) is 3.66. The molecule has 22 heavy (non-hydrogen) atoms. The van der Waals surface area contributed by atoms with E-state index in [1.807, 2.05) is 23.1 Å². The second-order valence-electron chi connectivity index (χ2n) is 6.04.